The normalized spacial score (nSPS) is 12.0. The molecular formula is C17H21ClN3O3+. The summed E-state index contributed by atoms with van der Waals surface area (Å²) in [6, 6.07) is 12.5. The standard InChI is InChI=1S/C17H20ClN3O3/c1-20(2)17(12-5-4-6-14(9-12)24-3)11-19-16-8-7-13(21(22)23)10-15(16)18/h4-10,17,19H,11H2,1-3H3/p+1/t17-/m1/s1. The van der Waals surface area contributed by atoms with E-state index in [9.17, 15) is 10.1 Å². The predicted octanol–water partition coefficient (Wildman–Crippen LogP) is 2.55. The van der Waals surface area contributed by atoms with E-state index in [1.54, 1.807) is 13.2 Å². The molecule has 0 spiro atoms. The number of likely N-dealkylation sites (N-methyl/N-ethyl adjacent to an activating group) is 1. The molecule has 0 saturated carbocycles. The number of nitro groups is 1. The molecule has 0 heterocycles. The van der Waals surface area contributed by atoms with Gasteiger partial charge in [-0.15, -0.1) is 0 Å². The topological polar surface area (TPSA) is 68.8 Å². The van der Waals surface area contributed by atoms with E-state index in [0.29, 0.717) is 17.3 Å². The Labute approximate surface area is 146 Å². The van der Waals surface area contributed by atoms with Crippen molar-refractivity contribution in [2.75, 3.05) is 33.1 Å². The van der Waals surface area contributed by atoms with Gasteiger partial charge in [-0.25, -0.2) is 0 Å². The average molecular weight is 351 g/mol. The largest absolute Gasteiger partial charge is 0.497 e. The molecule has 0 radical (unpaired) electrons. The molecule has 0 amide bonds. The Bertz CT molecular complexity index is 722. The summed E-state index contributed by atoms with van der Waals surface area (Å²) in [5, 5.41) is 14.4. The zero-order chi connectivity index (χ0) is 17.7. The van der Waals surface area contributed by atoms with Crippen molar-refractivity contribution in [2.24, 2.45) is 0 Å². The monoisotopic (exact) mass is 350 g/mol. The van der Waals surface area contributed by atoms with Crippen LogP contribution in [0.1, 0.15) is 11.6 Å². The van der Waals surface area contributed by atoms with E-state index in [2.05, 4.69) is 25.5 Å². The van der Waals surface area contributed by atoms with Gasteiger partial charge in [-0.05, 0) is 18.2 Å². The number of hydrogen-bond donors (Lipinski definition) is 2. The number of rotatable bonds is 7. The zero-order valence-electron chi connectivity index (χ0n) is 13.9. The zero-order valence-corrected chi connectivity index (χ0v) is 14.6. The van der Waals surface area contributed by atoms with Crippen LogP contribution in [0.3, 0.4) is 0 Å². The number of non-ortho nitro benzene ring substituents is 1. The van der Waals surface area contributed by atoms with Gasteiger partial charge in [0.2, 0.25) is 0 Å². The van der Waals surface area contributed by atoms with Crippen molar-refractivity contribution in [3.63, 3.8) is 0 Å². The summed E-state index contributed by atoms with van der Waals surface area (Å²) in [4.78, 5) is 11.6. The highest BCUT2D eigenvalue weighted by molar-refractivity contribution is 6.33. The van der Waals surface area contributed by atoms with Gasteiger partial charge < -0.3 is 15.0 Å². The van der Waals surface area contributed by atoms with Crippen LogP contribution >= 0.6 is 11.6 Å². The van der Waals surface area contributed by atoms with Gasteiger partial charge in [0.1, 0.15) is 11.8 Å². The van der Waals surface area contributed by atoms with E-state index in [0.717, 1.165) is 11.3 Å². The molecule has 0 aromatic heterocycles. The van der Waals surface area contributed by atoms with Crippen molar-refractivity contribution in [2.45, 2.75) is 6.04 Å². The summed E-state index contributed by atoms with van der Waals surface area (Å²) in [5.41, 5.74) is 1.80. The maximum absolute atomic E-state index is 10.8. The number of nitrogens with zero attached hydrogens (tertiary/aromatic N) is 1. The summed E-state index contributed by atoms with van der Waals surface area (Å²) in [6.45, 7) is 0.632. The van der Waals surface area contributed by atoms with Crippen LogP contribution in [0.5, 0.6) is 5.75 Å². The average Bonchev–Trinajstić information content (AvgIpc) is 2.56. The van der Waals surface area contributed by atoms with Crippen LogP contribution in [0.25, 0.3) is 0 Å². The number of ether oxygens (including phenoxy) is 1. The molecule has 0 bridgehead atoms. The van der Waals surface area contributed by atoms with Crippen molar-refractivity contribution >= 4 is 23.0 Å². The number of halogens is 1. The number of methoxy groups -OCH3 is 1. The van der Waals surface area contributed by atoms with Gasteiger partial charge in [0.15, 0.2) is 0 Å². The van der Waals surface area contributed by atoms with Gasteiger partial charge in [0, 0.05) is 17.7 Å². The van der Waals surface area contributed by atoms with Gasteiger partial charge in [0.05, 0.1) is 43.4 Å². The molecule has 2 aromatic rings. The van der Waals surface area contributed by atoms with Gasteiger partial charge in [-0.3, -0.25) is 10.1 Å². The number of benzene rings is 2. The molecule has 24 heavy (non-hydrogen) atoms. The van der Waals surface area contributed by atoms with E-state index >= 15 is 0 Å². The fourth-order valence-corrected chi connectivity index (χ4v) is 2.73. The molecule has 0 fully saturated rings. The smallest absolute Gasteiger partial charge is 0.271 e. The number of hydrogen-bond acceptors (Lipinski definition) is 4. The highest BCUT2D eigenvalue weighted by Crippen LogP contribution is 2.27. The van der Waals surface area contributed by atoms with Crippen LogP contribution in [-0.2, 0) is 0 Å². The van der Waals surface area contributed by atoms with E-state index in [1.165, 1.54) is 17.0 Å². The Morgan fingerprint density at radius 1 is 1.29 bits per heavy atom. The Balaban J connectivity index is 2.16. The lowest BCUT2D eigenvalue weighted by molar-refractivity contribution is -0.890. The van der Waals surface area contributed by atoms with Crippen molar-refractivity contribution in [3.05, 3.63) is 63.2 Å². The predicted molar refractivity (Wildman–Crippen MR) is 95.1 cm³/mol. The van der Waals surface area contributed by atoms with Crippen molar-refractivity contribution < 1.29 is 14.6 Å². The molecule has 0 aliphatic rings. The minimum absolute atomic E-state index is 0.0202. The first-order valence-corrected chi connectivity index (χ1v) is 7.92. The Kier molecular flexibility index (Phi) is 6.00. The minimum atomic E-state index is -0.460. The lowest BCUT2D eigenvalue weighted by atomic mass is 10.1. The van der Waals surface area contributed by atoms with Crippen molar-refractivity contribution in [3.8, 4) is 5.75 Å². The van der Waals surface area contributed by atoms with E-state index in [-0.39, 0.29) is 11.7 Å². The maximum atomic E-state index is 10.8. The third-order valence-electron chi connectivity index (χ3n) is 3.85. The molecular weight excluding hydrogens is 330 g/mol. The summed E-state index contributed by atoms with van der Waals surface area (Å²) in [6.07, 6.45) is 0. The number of nitro benzene ring substituents is 1. The molecule has 0 saturated heterocycles. The molecule has 1 atom stereocenters. The van der Waals surface area contributed by atoms with Gasteiger partial charge in [-0.2, -0.15) is 0 Å². The third-order valence-corrected chi connectivity index (χ3v) is 4.17. The fourth-order valence-electron chi connectivity index (χ4n) is 2.49. The second kappa shape index (κ2) is 7.99. The lowest BCUT2D eigenvalue weighted by Crippen LogP contribution is -3.06. The molecule has 2 N–H and O–H groups in total. The maximum Gasteiger partial charge on any atom is 0.271 e. The summed E-state index contributed by atoms with van der Waals surface area (Å²) in [7, 11) is 5.79. The molecule has 2 rings (SSSR count). The summed E-state index contributed by atoms with van der Waals surface area (Å²) in [5.74, 6) is 0.812. The van der Waals surface area contributed by atoms with Crippen LogP contribution in [0.15, 0.2) is 42.5 Å². The van der Waals surface area contributed by atoms with Crippen LogP contribution < -0.4 is 15.0 Å². The van der Waals surface area contributed by atoms with Crippen molar-refractivity contribution in [1.82, 2.24) is 0 Å². The van der Waals surface area contributed by atoms with E-state index < -0.39 is 4.92 Å². The number of anilines is 1. The minimum Gasteiger partial charge on any atom is -0.497 e. The molecule has 128 valence electrons. The highest BCUT2D eigenvalue weighted by atomic mass is 35.5. The fraction of sp³-hybridized carbons (Fsp3) is 0.294. The Morgan fingerprint density at radius 3 is 2.62 bits per heavy atom. The molecule has 6 nitrogen and oxygen atoms in total. The van der Waals surface area contributed by atoms with Crippen LogP contribution in [0.2, 0.25) is 5.02 Å². The molecule has 0 aliphatic heterocycles. The Morgan fingerprint density at radius 2 is 2.04 bits per heavy atom. The molecule has 2 aromatic carbocycles. The van der Waals surface area contributed by atoms with E-state index in [4.69, 9.17) is 16.3 Å². The lowest BCUT2D eigenvalue weighted by Gasteiger charge is -2.23. The second-order valence-electron chi connectivity index (χ2n) is 5.71. The Hall–Kier alpha value is -2.31. The summed E-state index contributed by atoms with van der Waals surface area (Å²) >= 11 is 6.14. The second-order valence-corrected chi connectivity index (χ2v) is 6.12. The molecule has 0 aliphatic carbocycles. The third kappa shape index (κ3) is 4.37. The van der Waals surface area contributed by atoms with Gasteiger partial charge >= 0.3 is 0 Å². The van der Waals surface area contributed by atoms with Crippen LogP contribution in [0.4, 0.5) is 11.4 Å². The van der Waals surface area contributed by atoms with Gasteiger partial charge in [-0.1, -0.05) is 23.7 Å². The van der Waals surface area contributed by atoms with Gasteiger partial charge in [0.25, 0.3) is 5.69 Å². The SMILES string of the molecule is COc1cccc([C@@H](CNc2ccc([N+](=O)[O-])cc2Cl)[NH+](C)C)c1. The van der Waals surface area contributed by atoms with Crippen LogP contribution in [-0.4, -0.2) is 32.7 Å². The number of quaternary nitrogens is 1. The highest BCUT2D eigenvalue weighted by Gasteiger charge is 2.19. The summed E-state index contributed by atoms with van der Waals surface area (Å²) < 4.78 is 5.29. The van der Waals surface area contributed by atoms with E-state index in [1.807, 2.05) is 18.2 Å². The molecule has 0 unspecified atom stereocenters. The quantitative estimate of drug-likeness (QED) is 0.595. The molecule has 7 heteroatoms. The first-order valence-electron chi connectivity index (χ1n) is 7.54. The van der Waals surface area contributed by atoms with Crippen LogP contribution in [0, 0.1) is 10.1 Å². The van der Waals surface area contributed by atoms with Crippen molar-refractivity contribution in [1.29, 1.82) is 0 Å². The first-order chi connectivity index (χ1) is 11.4. The first kappa shape index (κ1) is 18.0. The number of nitrogens with one attached hydrogen (secondary N) is 2.